The molecular formula is C24H20N2O5S. The molecule has 2 aromatic heterocycles. The predicted molar refractivity (Wildman–Crippen MR) is 122 cm³/mol. The van der Waals surface area contributed by atoms with Gasteiger partial charge in [-0.3, -0.25) is 14.5 Å². The molecule has 3 heterocycles. The zero-order valence-electron chi connectivity index (χ0n) is 17.7. The highest BCUT2D eigenvalue weighted by Crippen LogP contribution is 2.43. The molecule has 0 saturated heterocycles. The Morgan fingerprint density at radius 3 is 2.72 bits per heavy atom. The summed E-state index contributed by atoms with van der Waals surface area (Å²) in [6.45, 7) is 4.29. The van der Waals surface area contributed by atoms with Crippen molar-refractivity contribution in [2.45, 2.75) is 19.9 Å². The van der Waals surface area contributed by atoms with Gasteiger partial charge in [-0.1, -0.05) is 17.7 Å². The molecule has 4 aromatic rings. The average Bonchev–Trinajstić information content (AvgIpc) is 3.41. The largest absolute Gasteiger partial charge is 0.493 e. The highest BCUT2D eigenvalue weighted by Gasteiger charge is 2.45. The summed E-state index contributed by atoms with van der Waals surface area (Å²) in [5.74, 6) is 0.752. The van der Waals surface area contributed by atoms with Gasteiger partial charge in [-0.15, -0.1) is 11.3 Å². The van der Waals surface area contributed by atoms with Crippen molar-refractivity contribution in [3.8, 4) is 11.5 Å². The lowest BCUT2D eigenvalue weighted by atomic mass is 9.98. The van der Waals surface area contributed by atoms with Crippen molar-refractivity contribution < 1.29 is 18.7 Å². The molecule has 32 heavy (non-hydrogen) atoms. The fourth-order valence-corrected chi connectivity index (χ4v) is 4.73. The Morgan fingerprint density at radius 1 is 1.16 bits per heavy atom. The number of ether oxygens (including phenoxy) is 2. The number of rotatable bonds is 5. The summed E-state index contributed by atoms with van der Waals surface area (Å²) in [7, 11) is 1.55. The quantitative estimate of drug-likeness (QED) is 0.440. The lowest BCUT2D eigenvalue weighted by Gasteiger charge is -2.23. The maximum absolute atomic E-state index is 13.6. The molecule has 0 N–H and O–H groups in total. The number of amides is 1. The fourth-order valence-electron chi connectivity index (χ4n) is 4.06. The summed E-state index contributed by atoms with van der Waals surface area (Å²) in [4.78, 5) is 32.9. The summed E-state index contributed by atoms with van der Waals surface area (Å²) in [6, 6.07) is 10.1. The number of nitrogens with zero attached hydrogens (tertiary/aromatic N) is 2. The number of anilines is 1. The Hall–Kier alpha value is -3.65. The number of thiazole rings is 1. The van der Waals surface area contributed by atoms with E-state index in [0.29, 0.717) is 45.3 Å². The molecule has 0 bridgehead atoms. The minimum atomic E-state index is -0.700. The second-order valence-electron chi connectivity index (χ2n) is 7.41. The second kappa shape index (κ2) is 7.80. The number of fused-ring (bicyclic) bond motifs is 2. The zero-order chi connectivity index (χ0) is 22.4. The predicted octanol–water partition coefficient (Wildman–Crippen LogP) is 4.72. The van der Waals surface area contributed by atoms with Crippen LogP contribution in [0.4, 0.5) is 5.13 Å². The number of benzene rings is 2. The van der Waals surface area contributed by atoms with Crippen LogP contribution in [0.15, 0.2) is 57.2 Å². The van der Waals surface area contributed by atoms with Crippen molar-refractivity contribution in [1.29, 1.82) is 0 Å². The van der Waals surface area contributed by atoms with Crippen LogP contribution in [0.25, 0.3) is 11.0 Å². The van der Waals surface area contributed by atoms with E-state index in [9.17, 15) is 9.59 Å². The van der Waals surface area contributed by atoms with Crippen molar-refractivity contribution in [2.24, 2.45) is 0 Å². The molecule has 0 aliphatic carbocycles. The number of methoxy groups -OCH3 is 1. The van der Waals surface area contributed by atoms with Gasteiger partial charge in [0.05, 0.1) is 30.7 Å². The first-order valence-corrected chi connectivity index (χ1v) is 11.0. The molecule has 1 aliphatic heterocycles. The molecule has 7 nitrogen and oxygen atoms in total. The highest BCUT2D eigenvalue weighted by atomic mass is 32.1. The van der Waals surface area contributed by atoms with E-state index in [-0.39, 0.29) is 11.2 Å². The monoisotopic (exact) mass is 448 g/mol. The van der Waals surface area contributed by atoms with Gasteiger partial charge in [0, 0.05) is 11.6 Å². The first-order valence-electron chi connectivity index (χ1n) is 10.1. The van der Waals surface area contributed by atoms with Gasteiger partial charge in [0.15, 0.2) is 22.1 Å². The van der Waals surface area contributed by atoms with E-state index in [2.05, 4.69) is 4.98 Å². The topological polar surface area (TPSA) is 81.9 Å². The molecule has 162 valence electrons. The summed E-state index contributed by atoms with van der Waals surface area (Å²) in [6.07, 6.45) is 1.63. The van der Waals surface area contributed by atoms with Crippen LogP contribution in [0.2, 0.25) is 0 Å². The van der Waals surface area contributed by atoms with Crippen molar-refractivity contribution in [1.82, 2.24) is 4.98 Å². The van der Waals surface area contributed by atoms with Crippen molar-refractivity contribution in [2.75, 3.05) is 18.6 Å². The first kappa shape index (κ1) is 20.3. The molecule has 5 rings (SSSR count). The van der Waals surface area contributed by atoms with Gasteiger partial charge in [0.1, 0.15) is 5.58 Å². The first-order chi connectivity index (χ1) is 15.5. The van der Waals surface area contributed by atoms with Crippen LogP contribution in [0.3, 0.4) is 0 Å². The smallest absolute Gasteiger partial charge is 0.297 e. The number of aryl methyl sites for hydroxylation is 1. The third kappa shape index (κ3) is 3.06. The normalized spacial score (nSPS) is 15.3. The van der Waals surface area contributed by atoms with Crippen LogP contribution in [0.5, 0.6) is 11.5 Å². The van der Waals surface area contributed by atoms with E-state index in [4.69, 9.17) is 13.9 Å². The molecule has 1 amide bonds. The van der Waals surface area contributed by atoms with Crippen molar-refractivity contribution >= 4 is 33.3 Å². The van der Waals surface area contributed by atoms with Gasteiger partial charge in [0.2, 0.25) is 5.76 Å². The van der Waals surface area contributed by atoms with E-state index in [0.717, 1.165) is 5.56 Å². The maximum atomic E-state index is 13.6. The molecule has 1 aliphatic rings. The maximum Gasteiger partial charge on any atom is 0.297 e. The van der Waals surface area contributed by atoms with Crippen LogP contribution in [0, 0.1) is 6.92 Å². The zero-order valence-corrected chi connectivity index (χ0v) is 18.6. The lowest BCUT2D eigenvalue weighted by molar-refractivity contribution is 0.0971. The second-order valence-corrected chi connectivity index (χ2v) is 8.28. The Kier molecular flexibility index (Phi) is 4.94. The lowest BCUT2D eigenvalue weighted by Crippen LogP contribution is -2.29. The molecule has 2 aromatic carbocycles. The van der Waals surface area contributed by atoms with Gasteiger partial charge in [-0.25, -0.2) is 4.98 Å². The fraction of sp³-hybridized carbons (Fsp3) is 0.208. The van der Waals surface area contributed by atoms with E-state index >= 15 is 0 Å². The summed E-state index contributed by atoms with van der Waals surface area (Å²) >= 11 is 1.32. The number of hydrogen-bond acceptors (Lipinski definition) is 7. The number of hydrogen-bond donors (Lipinski definition) is 0. The van der Waals surface area contributed by atoms with Gasteiger partial charge < -0.3 is 13.9 Å². The minimum absolute atomic E-state index is 0.0411. The van der Waals surface area contributed by atoms with Crippen molar-refractivity contribution in [3.05, 3.63) is 80.6 Å². The molecule has 0 unspecified atom stereocenters. The molecule has 0 radical (unpaired) electrons. The number of carbonyl (C=O) groups excluding carboxylic acids is 1. The van der Waals surface area contributed by atoms with Crippen LogP contribution in [0.1, 0.15) is 40.2 Å². The Bertz CT molecular complexity index is 1390. The third-order valence-electron chi connectivity index (χ3n) is 5.45. The Morgan fingerprint density at radius 2 is 2.00 bits per heavy atom. The van der Waals surface area contributed by atoms with Crippen LogP contribution >= 0.6 is 11.3 Å². The van der Waals surface area contributed by atoms with Gasteiger partial charge >= 0.3 is 0 Å². The van der Waals surface area contributed by atoms with E-state index in [1.807, 2.05) is 26.0 Å². The van der Waals surface area contributed by atoms with E-state index in [1.54, 1.807) is 43.0 Å². The average molecular weight is 449 g/mol. The van der Waals surface area contributed by atoms with Crippen molar-refractivity contribution in [3.63, 3.8) is 0 Å². The van der Waals surface area contributed by atoms with E-state index in [1.165, 1.54) is 16.2 Å². The van der Waals surface area contributed by atoms with E-state index < -0.39 is 11.9 Å². The number of aromatic nitrogens is 1. The minimum Gasteiger partial charge on any atom is -0.493 e. The molecule has 0 saturated carbocycles. The highest BCUT2D eigenvalue weighted by molar-refractivity contribution is 7.13. The molecule has 0 fully saturated rings. The molecule has 0 spiro atoms. The van der Waals surface area contributed by atoms with Crippen LogP contribution in [-0.2, 0) is 0 Å². The standard InChI is InChI=1S/C24H20N2O5S/c1-4-30-17-8-6-14(12-18(17)29-3)20-19-21(27)15-11-13(2)5-7-16(15)31-22(19)23(28)26(20)24-25-9-10-32-24/h5-12,20H,4H2,1-3H3/t20-/m1/s1. The summed E-state index contributed by atoms with van der Waals surface area (Å²) in [5, 5.41) is 2.72. The van der Waals surface area contributed by atoms with Crippen LogP contribution in [-0.4, -0.2) is 24.6 Å². The molecular weight excluding hydrogens is 428 g/mol. The van der Waals surface area contributed by atoms with Crippen LogP contribution < -0.4 is 19.8 Å². The van der Waals surface area contributed by atoms with Gasteiger partial charge in [-0.05, 0) is 43.7 Å². The third-order valence-corrected chi connectivity index (χ3v) is 6.22. The molecule has 1 atom stereocenters. The Balaban J connectivity index is 1.78. The summed E-state index contributed by atoms with van der Waals surface area (Å²) < 4.78 is 17.1. The number of carbonyl (C=O) groups is 1. The summed E-state index contributed by atoms with van der Waals surface area (Å²) in [5.41, 5.74) is 2.10. The van der Waals surface area contributed by atoms with Gasteiger partial charge in [0.25, 0.3) is 5.91 Å². The van der Waals surface area contributed by atoms with Gasteiger partial charge in [-0.2, -0.15) is 0 Å². The molecule has 8 heteroatoms. The SMILES string of the molecule is CCOc1ccc([C@@H]2c3c(oc4ccc(C)cc4c3=O)C(=O)N2c2nccs2)cc1OC. The Labute approximate surface area is 187 Å².